The van der Waals surface area contributed by atoms with Gasteiger partial charge in [0.2, 0.25) is 0 Å². The monoisotopic (exact) mass is 240 g/mol. The maximum absolute atomic E-state index is 9.91. The third-order valence-corrected chi connectivity index (χ3v) is 4.45. The minimum Gasteiger partial charge on any atom is -0.392 e. The first kappa shape index (κ1) is 13.3. The highest BCUT2D eigenvalue weighted by molar-refractivity contribution is 4.84. The van der Waals surface area contributed by atoms with Crippen molar-refractivity contribution in [2.75, 3.05) is 19.6 Å². The number of hydrogen-bond acceptors (Lipinski definition) is 3. The lowest BCUT2D eigenvalue weighted by atomic mass is 9.92. The quantitative estimate of drug-likeness (QED) is 0.783. The maximum Gasteiger partial charge on any atom is 0.0693 e. The second-order valence-electron chi connectivity index (χ2n) is 6.11. The summed E-state index contributed by atoms with van der Waals surface area (Å²) in [6.45, 7) is 8.12. The summed E-state index contributed by atoms with van der Waals surface area (Å²) >= 11 is 0. The smallest absolute Gasteiger partial charge is 0.0693 e. The molecule has 1 heterocycles. The van der Waals surface area contributed by atoms with Crippen molar-refractivity contribution >= 4 is 0 Å². The van der Waals surface area contributed by atoms with Gasteiger partial charge in [0.15, 0.2) is 0 Å². The summed E-state index contributed by atoms with van der Waals surface area (Å²) in [5.74, 6) is 0.784. The summed E-state index contributed by atoms with van der Waals surface area (Å²) in [5, 5.41) is 13.5. The molecule has 2 rings (SSSR count). The average Bonchev–Trinajstić information content (AvgIpc) is 2.77. The van der Waals surface area contributed by atoms with E-state index >= 15 is 0 Å². The first-order valence-electron chi connectivity index (χ1n) is 7.32. The van der Waals surface area contributed by atoms with Crippen LogP contribution in [0.15, 0.2) is 0 Å². The number of nitrogens with one attached hydrogen (secondary N) is 1. The first-order chi connectivity index (χ1) is 8.16. The molecule has 1 aliphatic heterocycles. The van der Waals surface area contributed by atoms with E-state index in [1.807, 2.05) is 0 Å². The van der Waals surface area contributed by atoms with Gasteiger partial charge in [-0.15, -0.1) is 0 Å². The van der Waals surface area contributed by atoms with Crippen molar-refractivity contribution in [1.82, 2.24) is 10.2 Å². The third kappa shape index (κ3) is 3.67. The Morgan fingerprint density at radius 2 is 2.00 bits per heavy atom. The Bertz CT molecular complexity index is 232. The van der Waals surface area contributed by atoms with E-state index in [2.05, 4.69) is 24.1 Å². The van der Waals surface area contributed by atoms with Crippen molar-refractivity contribution in [3.63, 3.8) is 0 Å². The Kier molecular flexibility index (Phi) is 4.83. The van der Waals surface area contributed by atoms with Crippen molar-refractivity contribution < 1.29 is 5.11 Å². The van der Waals surface area contributed by atoms with E-state index in [4.69, 9.17) is 0 Å². The maximum atomic E-state index is 9.91. The lowest BCUT2D eigenvalue weighted by Crippen LogP contribution is -2.44. The molecule has 3 nitrogen and oxygen atoms in total. The fourth-order valence-electron chi connectivity index (χ4n) is 3.17. The topological polar surface area (TPSA) is 35.5 Å². The van der Waals surface area contributed by atoms with E-state index in [9.17, 15) is 5.11 Å². The molecule has 0 aromatic carbocycles. The van der Waals surface area contributed by atoms with Gasteiger partial charge in [-0.05, 0) is 52.1 Å². The Morgan fingerprint density at radius 1 is 1.24 bits per heavy atom. The van der Waals surface area contributed by atoms with Crippen LogP contribution in [0.25, 0.3) is 0 Å². The van der Waals surface area contributed by atoms with Gasteiger partial charge in [-0.1, -0.05) is 12.8 Å². The summed E-state index contributed by atoms with van der Waals surface area (Å²) in [6, 6.07) is 1.04. The zero-order valence-corrected chi connectivity index (χ0v) is 11.4. The van der Waals surface area contributed by atoms with Crippen LogP contribution < -0.4 is 5.32 Å². The van der Waals surface area contributed by atoms with Gasteiger partial charge < -0.3 is 15.3 Å². The molecule has 0 aromatic heterocycles. The van der Waals surface area contributed by atoms with E-state index in [-0.39, 0.29) is 6.10 Å². The van der Waals surface area contributed by atoms with E-state index in [1.165, 1.54) is 32.4 Å². The SMILES string of the molecule is CC(C)N1CCC(CN[C@@H]2CCCC[C@H]2O)C1. The van der Waals surface area contributed by atoms with E-state index in [0.717, 1.165) is 25.3 Å². The van der Waals surface area contributed by atoms with Crippen LogP contribution in [-0.4, -0.2) is 47.8 Å². The van der Waals surface area contributed by atoms with Gasteiger partial charge in [-0.25, -0.2) is 0 Å². The summed E-state index contributed by atoms with van der Waals surface area (Å²) in [4.78, 5) is 2.56. The molecule has 1 saturated carbocycles. The number of aliphatic hydroxyl groups is 1. The van der Waals surface area contributed by atoms with Crippen LogP contribution in [0.4, 0.5) is 0 Å². The van der Waals surface area contributed by atoms with Crippen LogP contribution in [0.1, 0.15) is 46.0 Å². The molecular formula is C14H28N2O. The van der Waals surface area contributed by atoms with Crippen LogP contribution in [0.5, 0.6) is 0 Å². The molecule has 0 spiro atoms. The number of aliphatic hydroxyl groups excluding tert-OH is 1. The van der Waals surface area contributed by atoms with Crippen LogP contribution >= 0.6 is 0 Å². The predicted molar refractivity (Wildman–Crippen MR) is 71.1 cm³/mol. The van der Waals surface area contributed by atoms with E-state index < -0.39 is 0 Å². The summed E-state index contributed by atoms with van der Waals surface area (Å²) < 4.78 is 0. The highest BCUT2D eigenvalue weighted by Crippen LogP contribution is 2.21. The van der Waals surface area contributed by atoms with Gasteiger partial charge in [-0.3, -0.25) is 0 Å². The lowest BCUT2D eigenvalue weighted by Gasteiger charge is -2.29. The normalized spacial score (nSPS) is 35.6. The summed E-state index contributed by atoms with van der Waals surface area (Å²) in [6.07, 6.45) is 5.82. The molecule has 1 saturated heterocycles. The van der Waals surface area contributed by atoms with E-state index in [1.54, 1.807) is 0 Å². The molecule has 2 N–H and O–H groups in total. The zero-order valence-electron chi connectivity index (χ0n) is 11.4. The highest BCUT2D eigenvalue weighted by atomic mass is 16.3. The Balaban J connectivity index is 1.68. The van der Waals surface area contributed by atoms with Gasteiger partial charge in [0.25, 0.3) is 0 Å². The molecule has 3 atom stereocenters. The molecule has 0 amide bonds. The number of rotatable bonds is 4. The largest absolute Gasteiger partial charge is 0.392 e. The summed E-state index contributed by atoms with van der Waals surface area (Å²) in [7, 11) is 0. The zero-order chi connectivity index (χ0) is 12.3. The molecule has 0 radical (unpaired) electrons. The number of hydrogen-bond donors (Lipinski definition) is 2. The molecule has 0 bridgehead atoms. The van der Waals surface area contributed by atoms with Crippen LogP contribution in [-0.2, 0) is 0 Å². The van der Waals surface area contributed by atoms with Gasteiger partial charge in [0.1, 0.15) is 0 Å². The average molecular weight is 240 g/mol. The Hall–Kier alpha value is -0.120. The molecule has 2 aliphatic rings. The molecule has 1 unspecified atom stereocenters. The standard InChI is InChI=1S/C14H28N2O/c1-11(2)16-8-7-12(10-16)9-15-13-5-3-4-6-14(13)17/h11-15,17H,3-10H2,1-2H3/t12?,13-,14-/m1/s1. The summed E-state index contributed by atoms with van der Waals surface area (Å²) in [5.41, 5.74) is 0. The highest BCUT2D eigenvalue weighted by Gasteiger charge is 2.27. The fraction of sp³-hybridized carbons (Fsp3) is 1.00. The van der Waals surface area contributed by atoms with Gasteiger partial charge >= 0.3 is 0 Å². The van der Waals surface area contributed by atoms with Crippen molar-refractivity contribution in [1.29, 1.82) is 0 Å². The van der Waals surface area contributed by atoms with Gasteiger partial charge in [-0.2, -0.15) is 0 Å². The molecule has 0 aromatic rings. The van der Waals surface area contributed by atoms with Crippen molar-refractivity contribution in [3.05, 3.63) is 0 Å². The number of likely N-dealkylation sites (tertiary alicyclic amines) is 1. The van der Waals surface area contributed by atoms with Gasteiger partial charge in [0.05, 0.1) is 6.10 Å². The predicted octanol–water partition coefficient (Wildman–Crippen LogP) is 1.61. The second-order valence-corrected chi connectivity index (χ2v) is 6.11. The molecule has 2 fully saturated rings. The second kappa shape index (κ2) is 6.17. The molecule has 3 heteroatoms. The van der Waals surface area contributed by atoms with Crippen LogP contribution in [0, 0.1) is 5.92 Å². The Morgan fingerprint density at radius 3 is 2.65 bits per heavy atom. The molecule has 100 valence electrons. The van der Waals surface area contributed by atoms with Crippen molar-refractivity contribution in [2.24, 2.45) is 5.92 Å². The minimum absolute atomic E-state index is 0.105. The van der Waals surface area contributed by atoms with Crippen LogP contribution in [0.3, 0.4) is 0 Å². The molecule has 17 heavy (non-hydrogen) atoms. The minimum atomic E-state index is -0.105. The number of nitrogens with zero attached hydrogens (tertiary/aromatic N) is 1. The molecular weight excluding hydrogens is 212 g/mol. The first-order valence-corrected chi connectivity index (χ1v) is 7.32. The van der Waals surface area contributed by atoms with Gasteiger partial charge in [0, 0.05) is 18.6 Å². The third-order valence-electron chi connectivity index (χ3n) is 4.45. The Labute approximate surface area is 106 Å². The van der Waals surface area contributed by atoms with Crippen LogP contribution in [0.2, 0.25) is 0 Å². The van der Waals surface area contributed by atoms with E-state index in [0.29, 0.717) is 12.1 Å². The molecule has 1 aliphatic carbocycles. The fourth-order valence-corrected chi connectivity index (χ4v) is 3.17. The van der Waals surface area contributed by atoms with Crippen molar-refractivity contribution in [3.8, 4) is 0 Å². The lowest BCUT2D eigenvalue weighted by molar-refractivity contribution is 0.0888. The van der Waals surface area contributed by atoms with Crippen molar-refractivity contribution in [2.45, 2.75) is 64.1 Å².